The summed E-state index contributed by atoms with van der Waals surface area (Å²) in [5, 5.41) is 33.4. The molecule has 0 saturated carbocycles. The maximum absolute atomic E-state index is 13.9. The van der Waals surface area contributed by atoms with Crippen LogP contribution in [0, 0.1) is 17.0 Å². The number of nitro groups is 1. The molecular formula is C22H27N6O8PS. The third-order valence-corrected chi connectivity index (χ3v) is 9.01. The first kappa shape index (κ1) is 28.1. The lowest BCUT2D eigenvalue weighted by atomic mass is 10.1. The van der Waals surface area contributed by atoms with E-state index in [2.05, 4.69) is 15.1 Å². The lowest BCUT2D eigenvalue weighted by Crippen LogP contribution is -2.38. The summed E-state index contributed by atoms with van der Waals surface area (Å²) in [4.78, 5) is 30.5. The number of nitrogens with one attached hydrogen (secondary N) is 1. The highest BCUT2D eigenvalue weighted by Crippen LogP contribution is 2.52. The minimum atomic E-state index is -4.21. The molecule has 204 valence electrons. The van der Waals surface area contributed by atoms with E-state index < -0.39 is 53.7 Å². The normalized spacial score (nSPS) is 22.8. The summed E-state index contributed by atoms with van der Waals surface area (Å²) in [5.74, 6) is -0.417. The molecule has 3 aromatic rings. The van der Waals surface area contributed by atoms with E-state index in [-0.39, 0.29) is 18.8 Å². The smallest absolute Gasteiger partial charge is 0.395 e. The molecule has 0 amide bonds. The van der Waals surface area contributed by atoms with Crippen molar-refractivity contribution in [3.8, 4) is 0 Å². The van der Waals surface area contributed by atoms with E-state index in [0.29, 0.717) is 5.69 Å². The number of hydrogen-bond acceptors (Lipinski definition) is 11. The van der Waals surface area contributed by atoms with Gasteiger partial charge in [-0.15, -0.1) is 11.8 Å². The van der Waals surface area contributed by atoms with Crippen LogP contribution in [0.15, 0.2) is 53.6 Å². The molecule has 1 unspecified atom stereocenters. The minimum Gasteiger partial charge on any atom is -0.395 e. The predicted molar refractivity (Wildman–Crippen MR) is 137 cm³/mol. The van der Waals surface area contributed by atoms with Crippen LogP contribution >= 0.6 is 19.5 Å². The Kier molecular flexibility index (Phi) is 8.78. The second-order valence-electron chi connectivity index (χ2n) is 8.52. The van der Waals surface area contributed by atoms with E-state index in [4.69, 9.17) is 9.05 Å². The SMILES string of the molecule is Cc1ccn([C@@H]2S[C@H](CO)[C@@H](OP(=O)(NCc3ccccc3)OCc3cnc([N+](=O)[O-])n3C)[C@@H]2O)c(=O)n1. The summed E-state index contributed by atoms with van der Waals surface area (Å²) < 4.78 is 27.9. The molecule has 4 rings (SSSR count). The van der Waals surface area contributed by atoms with Crippen molar-refractivity contribution < 1.29 is 28.7 Å². The number of thioether (sulfide) groups is 1. The molecule has 3 heterocycles. The molecule has 0 bridgehead atoms. The van der Waals surface area contributed by atoms with Gasteiger partial charge in [0, 0.05) is 18.4 Å². The third-order valence-electron chi connectivity index (χ3n) is 5.92. The Morgan fingerprint density at radius 2 is 2.03 bits per heavy atom. The van der Waals surface area contributed by atoms with E-state index in [1.54, 1.807) is 37.3 Å². The fourth-order valence-corrected chi connectivity index (χ4v) is 6.87. The van der Waals surface area contributed by atoms with Gasteiger partial charge in [-0.05, 0) is 23.5 Å². The molecule has 2 aromatic heterocycles. The summed E-state index contributed by atoms with van der Waals surface area (Å²) in [6.45, 7) is 0.938. The highest BCUT2D eigenvalue weighted by molar-refractivity contribution is 8.00. The number of rotatable bonds is 11. The molecule has 3 N–H and O–H groups in total. The summed E-state index contributed by atoms with van der Waals surface area (Å²) in [6, 6.07) is 10.6. The van der Waals surface area contributed by atoms with Crippen molar-refractivity contribution in [2.45, 2.75) is 42.9 Å². The van der Waals surface area contributed by atoms with Crippen LogP contribution in [0.5, 0.6) is 0 Å². The van der Waals surface area contributed by atoms with E-state index >= 15 is 0 Å². The fraction of sp³-hybridized carbons (Fsp3) is 0.409. The Labute approximate surface area is 221 Å². The Morgan fingerprint density at radius 3 is 2.66 bits per heavy atom. The number of hydrogen-bond donors (Lipinski definition) is 3. The van der Waals surface area contributed by atoms with E-state index in [1.165, 1.54) is 28.6 Å². The molecule has 38 heavy (non-hydrogen) atoms. The number of aliphatic hydroxyl groups excluding tert-OH is 2. The molecule has 5 atom stereocenters. The van der Waals surface area contributed by atoms with Crippen LogP contribution in [0.25, 0.3) is 0 Å². The van der Waals surface area contributed by atoms with Crippen LogP contribution in [0.2, 0.25) is 0 Å². The molecular weight excluding hydrogens is 539 g/mol. The van der Waals surface area contributed by atoms with Gasteiger partial charge in [-0.2, -0.15) is 4.98 Å². The van der Waals surface area contributed by atoms with E-state index in [0.717, 1.165) is 17.3 Å². The monoisotopic (exact) mass is 566 g/mol. The van der Waals surface area contributed by atoms with Gasteiger partial charge in [0.1, 0.15) is 36.1 Å². The maximum Gasteiger partial charge on any atom is 0.434 e. The van der Waals surface area contributed by atoms with Crippen molar-refractivity contribution in [2.24, 2.45) is 7.05 Å². The van der Waals surface area contributed by atoms with Crippen molar-refractivity contribution in [3.05, 3.63) is 86.3 Å². The molecule has 1 fully saturated rings. The average Bonchev–Trinajstić information content (AvgIpc) is 3.41. The van der Waals surface area contributed by atoms with Crippen LogP contribution < -0.4 is 10.8 Å². The number of nitrogens with zero attached hydrogens (tertiary/aromatic N) is 5. The zero-order valence-electron chi connectivity index (χ0n) is 20.5. The van der Waals surface area contributed by atoms with Crippen molar-refractivity contribution >= 4 is 25.5 Å². The van der Waals surface area contributed by atoms with Crippen molar-refractivity contribution in [3.63, 3.8) is 0 Å². The number of imidazole rings is 1. The molecule has 0 spiro atoms. The average molecular weight is 567 g/mol. The standard InChI is InChI=1S/C22H27N6O8PS/c1-14-8-9-27(22(31)25-14)20-18(30)19(17(12-29)38-20)36-37(34,24-10-15-6-4-3-5-7-15)35-13-16-11-23-21(26(16)2)28(32)33/h3-9,11,17-20,29-30H,10,12-13H2,1-2H3,(H,24,34)/t17-,18+,19-,20-,37?/m1/s1. The van der Waals surface area contributed by atoms with Gasteiger partial charge in [-0.1, -0.05) is 35.3 Å². The predicted octanol–water partition coefficient (Wildman–Crippen LogP) is 1.66. The Bertz CT molecular complexity index is 1390. The number of aromatic nitrogens is 4. The first-order valence-corrected chi connectivity index (χ1v) is 14.0. The molecule has 0 aliphatic carbocycles. The van der Waals surface area contributed by atoms with Gasteiger partial charge < -0.3 is 20.3 Å². The molecule has 1 saturated heterocycles. The summed E-state index contributed by atoms with van der Waals surface area (Å²) >= 11 is 1.08. The van der Waals surface area contributed by atoms with Gasteiger partial charge in [0.05, 0.1) is 18.9 Å². The van der Waals surface area contributed by atoms with E-state index in [1.807, 2.05) is 6.07 Å². The quantitative estimate of drug-likeness (QED) is 0.174. The van der Waals surface area contributed by atoms with Gasteiger partial charge >= 0.3 is 19.4 Å². The number of benzene rings is 1. The molecule has 1 aliphatic heterocycles. The van der Waals surface area contributed by atoms with Crippen molar-refractivity contribution in [1.29, 1.82) is 0 Å². The second-order valence-corrected chi connectivity index (χ2v) is 11.7. The highest BCUT2D eigenvalue weighted by atomic mass is 32.2. The highest BCUT2D eigenvalue weighted by Gasteiger charge is 2.48. The van der Waals surface area contributed by atoms with Crippen LogP contribution in [0.4, 0.5) is 5.95 Å². The van der Waals surface area contributed by atoms with Crippen molar-refractivity contribution in [2.75, 3.05) is 6.61 Å². The van der Waals surface area contributed by atoms with E-state index in [9.17, 15) is 29.7 Å². The van der Waals surface area contributed by atoms with Gasteiger partial charge in [0.2, 0.25) is 0 Å². The van der Waals surface area contributed by atoms with Crippen LogP contribution in [-0.4, -0.2) is 58.3 Å². The first-order chi connectivity index (χ1) is 18.1. The Morgan fingerprint density at radius 1 is 1.29 bits per heavy atom. The maximum atomic E-state index is 13.9. The number of aliphatic hydroxyl groups is 2. The Balaban J connectivity index is 1.58. The lowest BCUT2D eigenvalue weighted by Gasteiger charge is -2.27. The van der Waals surface area contributed by atoms with Crippen LogP contribution in [-0.2, 0) is 33.8 Å². The van der Waals surface area contributed by atoms with Gasteiger partial charge in [-0.25, -0.2) is 19.0 Å². The van der Waals surface area contributed by atoms with Crippen LogP contribution in [0.3, 0.4) is 0 Å². The lowest BCUT2D eigenvalue weighted by molar-refractivity contribution is -0.396. The van der Waals surface area contributed by atoms with Crippen molar-refractivity contribution in [1.82, 2.24) is 24.2 Å². The first-order valence-electron chi connectivity index (χ1n) is 11.5. The summed E-state index contributed by atoms with van der Waals surface area (Å²) in [5.41, 5.74) is 0.954. The molecule has 0 radical (unpaired) electrons. The molecule has 1 aromatic carbocycles. The molecule has 1 aliphatic rings. The fourth-order valence-electron chi connectivity index (χ4n) is 3.86. The van der Waals surface area contributed by atoms with Gasteiger partial charge in [0.25, 0.3) is 0 Å². The second kappa shape index (κ2) is 11.9. The summed E-state index contributed by atoms with van der Waals surface area (Å²) in [6.07, 6.45) is 0.163. The Hall–Kier alpha value is -2.91. The largest absolute Gasteiger partial charge is 0.434 e. The zero-order chi connectivity index (χ0) is 27.4. The minimum absolute atomic E-state index is 0.0776. The topological polar surface area (TPSA) is 184 Å². The summed E-state index contributed by atoms with van der Waals surface area (Å²) in [7, 11) is -2.79. The number of aryl methyl sites for hydroxylation is 1. The van der Waals surface area contributed by atoms with Gasteiger partial charge in [0.15, 0.2) is 0 Å². The van der Waals surface area contributed by atoms with Crippen LogP contribution in [0.1, 0.15) is 22.3 Å². The molecule has 16 heteroatoms. The zero-order valence-corrected chi connectivity index (χ0v) is 22.2. The van der Waals surface area contributed by atoms with Gasteiger partial charge in [-0.3, -0.25) is 13.6 Å². The molecule has 14 nitrogen and oxygen atoms in total. The third kappa shape index (κ3) is 6.21.